The molecule has 0 saturated heterocycles. The molecule has 2 heterocycles. The predicted octanol–water partition coefficient (Wildman–Crippen LogP) is 8.52. The average Bonchev–Trinajstić information content (AvgIpc) is 3.52. The Labute approximate surface area is 215 Å². The summed E-state index contributed by atoms with van der Waals surface area (Å²) in [7, 11) is 1.69. The number of methoxy groups -OCH3 is 1. The number of hydrogen-bond donors (Lipinski definition) is 1. The Hall–Kier alpha value is -4.76. The van der Waals surface area contributed by atoms with Crippen LogP contribution in [0.5, 0.6) is 5.75 Å². The maximum absolute atomic E-state index is 6.62. The van der Waals surface area contributed by atoms with Crippen molar-refractivity contribution in [2.75, 3.05) is 7.11 Å². The number of hydrogen-bond acceptors (Lipinski definition) is 2. The summed E-state index contributed by atoms with van der Waals surface area (Å²) in [5, 5.41) is 1.22. The first-order valence-electron chi connectivity index (χ1n) is 12.5. The summed E-state index contributed by atoms with van der Waals surface area (Å²) in [5.74, 6) is 2.60. The molecule has 0 fully saturated rings. The fraction of sp³-hybridized carbons (Fsp3) is 0.0588. The molecule has 0 bridgehead atoms. The molecule has 1 N–H and O–H groups in total. The van der Waals surface area contributed by atoms with Gasteiger partial charge in [-0.1, -0.05) is 91.0 Å². The predicted molar refractivity (Wildman–Crippen MR) is 150 cm³/mol. The van der Waals surface area contributed by atoms with E-state index in [1.54, 1.807) is 7.11 Å². The maximum Gasteiger partial charge on any atom is 0.135 e. The molecule has 0 aliphatic heterocycles. The van der Waals surface area contributed by atoms with Crippen LogP contribution in [0.25, 0.3) is 33.9 Å². The van der Waals surface area contributed by atoms with E-state index < -0.39 is 0 Å². The minimum absolute atomic E-state index is 0.00978. The molecule has 1 aliphatic rings. The third kappa shape index (κ3) is 3.59. The largest absolute Gasteiger partial charge is 0.497 e. The van der Waals surface area contributed by atoms with Crippen molar-refractivity contribution in [2.45, 2.75) is 5.92 Å². The number of benzene rings is 4. The lowest BCUT2D eigenvalue weighted by atomic mass is 9.83. The Balaban J connectivity index is 1.55. The lowest BCUT2D eigenvalue weighted by molar-refractivity contribution is 0.415. The molecule has 6 aromatic rings. The van der Waals surface area contributed by atoms with Gasteiger partial charge in [0, 0.05) is 33.5 Å². The Morgan fingerprint density at radius 2 is 1.43 bits per heavy atom. The van der Waals surface area contributed by atoms with Crippen LogP contribution in [0.2, 0.25) is 0 Å². The normalized spacial score (nSPS) is 14.5. The lowest BCUT2D eigenvalue weighted by Crippen LogP contribution is -2.04. The van der Waals surface area contributed by atoms with Crippen LogP contribution in [0.15, 0.2) is 120 Å². The summed E-state index contributed by atoms with van der Waals surface area (Å²) < 4.78 is 12.1. The summed E-state index contributed by atoms with van der Waals surface area (Å²) >= 11 is 0. The van der Waals surface area contributed by atoms with Crippen LogP contribution in [-0.4, -0.2) is 12.1 Å². The van der Waals surface area contributed by atoms with Crippen LogP contribution in [-0.2, 0) is 0 Å². The number of furan rings is 1. The molecule has 7 rings (SSSR count). The van der Waals surface area contributed by atoms with Gasteiger partial charge in [0.2, 0.25) is 0 Å². The SMILES string of the molecule is COc1ccc(C2=Cc3oc(-c4ccccc4)cc3C(c3ccccc3)c3c2[nH]c2ccccc32)cc1. The highest BCUT2D eigenvalue weighted by Crippen LogP contribution is 2.48. The van der Waals surface area contributed by atoms with Gasteiger partial charge in [-0.25, -0.2) is 0 Å². The molecule has 1 aliphatic carbocycles. The highest BCUT2D eigenvalue weighted by molar-refractivity contribution is 6.00. The molecule has 0 amide bonds. The summed E-state index contributed by atoms with van der Waals surface area (Å²) in [6.07, 6.45) is 2.20. The first-order chi connectivity index (χ1) is 18.3. The van der Waals surface area contributed by atoms with Crippen molar-refractivity contribution in [1.29, 1.82) is 0 Å². The van der Waals surface area contributed by atoms with Gasteiger partial charge in [0.1, 0.15) is 17.3 Å². The van der Waals surface area contributed by atoms with Crippen molar-refractivity contribution >= 4 is 22.6 Å². The minimum atomic E-state index is 0.00978. The Morgan fingerprint density at radius 1 is 0.730 bits per heavy atom. The van der Waals surface area contributed by atoms with E-state index in [1.165, 1.54) is 22.1 Å². The summed E-state index contributed by atoms with van der Waals surface area (Å²) in [6, 6.07) is 40.1. The van der Waals surface area contributed by atoms with E-state index >= 15 is 0 Å². The van der Waals surface area contributed by atoms with Gasteiger partial charge in [0.15, 0.2) is 0 Å². The standard InChI is InChI=1S/C34H25NO2/c1-36-25-18-16-22(17-19-25)27-20-31-28(21-30(37-31)23-10-4-2-5-11-23)32(24-12-6-3-7-13-24)33-26-14-8-9-15-29(26)35-34(27)33/h2-21,32,35H,1H3. The molecule has 0 radical (unpaired) electrons. The van der Waals surface area contributed by atoms with Crippen molar-refractivity contribution in [2.24, 2.45) is 0 Å². The van der Waals surface area contributed by atoms with Crippen LogP contribution >= 0.6 is 0 Å². The van der Waals surface area contributed by atoms with E-state index in [0.717, 1.165) is 45.2 Å². The number of rotatable bonds is 4. The number of H-pyrrole nitrogens is 1. The van der Waals surface area contributed by atoms with Crippen molar-refractivity contribution in [3.8, 4) is 17.1 Å². The number of aromatic nitrogens is 1. The summed E-state index contributed by atoms with van der Waals surface area (Å²) in [5.41, 5.74) is 9.19. The Morgan fingerprint density at radius 3 is 2.19 bits per heavy atom. The van der Waals surface area contributed by atoms with Crippen LogP contribution in [0.1, 0.15) is 39.6 Å². The molecule has 1 atom stereocenters. The zero-order valence-corrected chi connectivity index (χ0v) is 20.4. The highest BCUT2D eigenvalue weighted by atomic mass is 16.5. The highest BCUT2D eigenvalue weighted by Gasteiger charge is 2.32. The first kappa shape index (κ1) is 21.5. The summed E-state index contributed by atoms with van der Waals surface area (Å²) in [6.45, 7) is 0. The lowest BCUT2D eigenvalue weighted by Gasteiger charge is -2.18. The smallest absolute Gasteiger partial charge is 0.135 e. The van der Waals surface area contributed by atoms with Crippen LogP contribution in [0.4, 0.5) is 0 Å². The van der Waals surface area contributed by atoms with E-state index in [2.05, 4.69) is 96.0 Å². The van der Waals surface area contributed by atoms with Gasteiger partial charge in [-0.3, -0.25) is 0 Å². The second-order valence-corrected chi connectivity index (χ2v) is 9.39. The van der Waals surface area contributed by atoms with Crippen LogP contribution < -0.4 is 4.74 Å². The fourth-order valence-electron chi connectivity index (χ4n) is 5.53. The average molecular weight is 480 g/mol. The molecule has 3 heteroatoms. The number of ether oxygens (including phenoxy) is 1. The van der Waals surface area contributed by atoms with Crippen LogP contribution in [0.3, 0.4) is 0 Å². The van der Waals surface area contributed by atoms with Crippen molar-refractivity contribution in [3.63, 3.8) is 0 Å². The summed E-state index contributed by atoms with van der Waals surface area (Å²) in [4.78, 5) is 3.76. The van der Waals surface area contributed by atoms with E-state index in [9.17, 15) is 0 Å². The van der Waals surface area contributed by atoms with Gasteiger partial charge >= 0.3 is 0 Å². The Bertz CT molecular complexity index is 1740. The maximum atomic E-state index is 6.62. The number of fused-ring (bicyclic) bond motifs is 4. The molecule has 178 valence electrons. The van der Waals surface area contributed by atoms with Gasteiger partial charge in [-0.2, -0.15) is 0 Å². The third-order valence-corrected chi connectivity index (χ3v) is 7.27. The number of para-hydroxylation sites is 1. The second kappa shape index (κ2) is 8.72. The quantitative estimate of drug-likeness (QED) is 0.275. The Kier molecular flexibility index (Phi) is 5.07. The minimum Gasteiger partial charge on any atom is -0.497 e. The van der Waals surface area contributed by atoms with Gasteiger partial charge in [0.25, 0.3) is 0 Å². The van der Waals surface area contributed by atoms with Gasteiger partial charge in [-0.15, -0.1) is 0 Å². The molecular weight excluding hydrogens is 454 g/mol. The van der Waals surface area contributed by atoms with Crippen molar-refractivity contribution in [3.05, 3.63) is 149 Å². The topological polar surface area (TPSA) is 38.2 Å². The molecular formula is C34H25NO2. The molecule has 2 aromatic heterocycles. The zero-order chi connectivity index (χ0) is 24.8. The van der Waals surface area contributed by atoms with Crippen molar-refractivity contribution < 1.29 is 9.15 Å². The molecule has 0 saturated carbocycles. The number of aromatic amines is 1. The van der Waals surface area contributed by atoms with E-state index in [0.29, 0.717) is 0 Å². The second-order valence-electron chi connectivity index (χ2n) is 9.39. The number of nitrogens with one attached hydrogen (secondary N) is 1. The molecule has 1 unspecified atom stereocenters. The molecule has 4 aromatic carbocycles. The van der Waals surface area contributed by atoms with Gasteiger partial charge < -0.3 is 14.1 Å². The van der Waals surface area contributed by atoms with E-state index in [-0.39, 0.29) is 5.92 Å². The first-order valence-corrected chi connectivity index (χ1v) is 12.5. The van der Waals surface area contributed by atoms with Gasteiger partial charge in [0.05, 0.1) is 12.8 Å². The van der Waals surface area contributed by atoms with Gasteiger partial charge in [-0.05, 0) is 47.0 Å². The van der Waals surface area contributed by atoms with E-state index in [1.807, 2.05) is 30.3 Å². The van der Waals surface area contributed by atoms with Crippen molar-refractivity contribution in [1.82, 2.24) is 4.98 Å². The van der Waals surface area contributed by atoms with Crippen LogP contribution in [0, 0.1) is 0 Å². The molecule has 37 heavy (non-hydrogen) atoms. The molecule has 0 spiro atoms. The monoisotopic (exact) mass is 479 g/mol. The zero-order valence-electron chi connectivity index (χ0n) is 20.4. The van der Waals surface area contributed by atoms with E-state index in [4.69, 9.17) is 9.15 Å². The third-order valence-electron chi connectivity index (χ3n) is 7.27. The molecule has 3 nitrogen and oxygen atoms in total. The fourth-order valence-corrected chi connectivity index (χ4v) is 5.53.